The van der Waals surface area contributed by atoms with Gasteiger partial charge in [0.25, 0.3) is 11.6 Å². The Morgan fingerprint density at radius 3 is 2.65 bits per heavy atom. The molecule has 132 valence electrons. The van der Waals surface area contributed by atoms with Gasteiger partial charge in [0.05, 0.1) is 17.0 Å². The van der Waals surface area contributed by atoms with Gasteiger partial charge in [-0.2, -0.15) is 0 Å². The number of rotatable bonds is 6. The van der Waals surface area contributed by atoms with Crippen molar-refractivity contribution < 1.29 is 14.5 Å². The van der Waals surface area contributed by atoms with E-state index < -0.39 is 4.92 Å². The highest BCUT2D eigenvalue weighted by Crippen LogP contribution is 2.24. The van der Waals surface area contributed by atoms with Crippen LogP contribution in [0.5, 0.6) is 5.75 Å². The minimum Gasteiger partial charge on any atom is -0.484 e. The number of hydrogen-bond acceptors (Lipinski definition) is 4. The van der Waals surface area contributed by atoms with Gasteiger partial charge >= 0.3 is 0 Å². The maximum Gasteiger partial charge on any atom is 0.273 e. The summed E-state index contributed by atoms with van der Waals surface area (Å²) in [6.45, 7) is 1.70. The third kappa shape index (κ3) is 3.97. The molecular weight excluding hydrogens is 332 g/mol. The monoisotopic (exact) mass is 350 g/mol. The Morgan fingerprint density at radius 1 is 1.12 bits per heavy atom. The van der Waals surface area contributed by atoms with E-state index in [1.54, 1.807) is 6.07 Å². The van der Waals surface area contributed by atoms with Gasteiger partial charge in [-0.3, -0.25) is 14.9 Å². The topological polar surface area (TPSA) is 81.5 Å². The van der Waals surface area contributed by atoms with E-state index in [0.717, 1.165) is 16.3 Å². The van der Waals surface area contributed by atoms with E-state index in [4.69, 9.17) is 4.74 Å². The first kappa shape index (κ1) is 17.4. The summed E-state index contributed by atoms with van der Waals surface area (Å²) in [5.41, 5.74) is 0.943. The van der Waals surface area contributed by atoms with Crippen molar-refractivity contribution in [3.63, 3.8) is 0 Å². The van der Waals surface area contributed by atoms with Crippen molar-refractivity contribution in [3.05, 3.63) is 82.4 Å². The average Bonchev–Trinajstić information content (AvgIpc) is 2.66. The first-order valence-corrected chi connectivity index (χ1v) is 8.19. The van der Waals surface area contributed by atoms with Crippen LogP contribution < -0.4 is 10.1 Å². The highest BCUT2D eigenvalue weighted by molar-refractivity contribution is 5.87. The van der Waals surface area contributed by atoms with Crippen LogP contribution in [-0.4, -0.2) is 17.4 Å². The summed E-state index contributed by atoms with van der Waals surface area (Å²) in [6, 6.07) is 19.5. The molecule has 3 aromatic rings. The number of carbonyl (C=O) groups is 1. The largest absolute Gasteiger partial charge is 0.484 e. The van der Waals surface area contributed by atoms with E-state index in [1.807, 2.05) is 49.4 Å². The zero-order chi connectivity index (χ0) is 18.5. The summed E-state index contributed by atoms with van der Waals surface area (Å²) in [7, 11) is 0. The number of non-ortho nitro benzene ring substituents is 1. The Morgan fingerprint density at radius 2 is 1.85 bits per heavy atom. The molecule has 0 aromatic heterocycles. The molecule has 0 spiro atoms. The van der Waals surface area contributed by atoms with Crippen LogP contribution in [0, 0.1) is 10.1 Å². The Balaban J connectivity index is 1.64. The molecule has 1 amide bonds. The van der Waals surface area contributed by atoms with Crippen molar-refractivity contribution in [2.75, 3.05) is 6.61 Å². The quantitative estimate of drug-likeness (QED) is 0.538. The zero-order valence-corrected chi connectivity index (χ0v) is 14.2. The van der Waals surface area contributed by atoms with E-state index in [1.165, 1.54) is 18.2 Å². The molecule has 0 saturated carbocycles. The van der Waals surface area contributed by atoms with Gasteiger partial charge in [-0.1, -0.05) is 48.5 Å². The van der Waals surface area contributed by atoms with Gasteiger partial charge in [0.2, 0.25) is 0 Å². The van der Waals surface area contributed by atoms with Crippen molar-refractivity contribution >= 4 is 22.4 Å². The van der Waals surface area contributed by atoms with Crippen LogP contribution in [0.1, 0.15) is 18.5 Å². The normalized spacial score (nSPS) is 11.7. The molecule has 0 aliphatic carbocycles. The Bertz CT molecular complexity index is 950. The van der Waals surface area contributed by atoms with Gasteiger partial charge < -0.3 is 10.1 Å². The van der Waals surface area contributed by atoms with Crippen molar-refractivity contribution in [2.24, 2.45) is 0 Å². The molecule has 0 saturated heterocycles. The molecule has 0 unspecified atom stereocenters. The molecule has 0 bridgehead atoms. The molecule has 0 aliphatic rings. The predicted molar refractivity (Wildman–Crippen MR) is 99.1 cm³/mol. The molecule has 0 fully saturated rings. The van der Waals surface area contributed by atoms with E-state index in [9.17, 15) is 14.9 Å². The number of nitrogens with one attached hydrogen (secondary N) is 1. The fraction of sp³-hybridized carbons (Fsp3) is 0.150. The highest BCUT2D eigenvalue weighted by atomic mass is 16.6. The third-order valence-electron chi connectivity index (χ3n) is 4.07. The maximum absolute atomic E-state index is 12.2. The van der Waals surface area contributed by atoms with Crippen molar-refractivity contribution in [1.29, 1.82) is 0 Å². The lowest BCUT2D eigenvalue weighted by molar-refractivity contribution is -0.384. The van der Waals surface area contributed by atoms with Crippen LogP contribution in [0.3, 0.4) is 0 Å². The van der Waals surface area contributed by atoms with Gasteiger partial charge in [0.15, 0.2) is 6.61 Å². The van der Waals surface area contributed by atoms with Crippen molar-refractivity contribution in [3.8, 4) is 5.75 Å². The lowest BCUT2D eigenvalue weighted by Crippen LogP contribution is -2.31. The number of benzene rings is 3. The van der Waals surface area contributed by atoms with Gasteiger partial charge in [-0.05, 0) is 29.3 Å². The van der Waals surface area contributed by atoms with Crippen LogP contribution >= 0.6 is 0 Å². The molecule has 0 aliphatic heterocycles. The number of amides is 1. The molecule has 1 N–H and O–H groups in total. The average molecular weight is 350 g/mol. The molecular formula is C20H18N2O4. The number of ether oxygens (including phenoxy) is 1. The number of nitro benzene ring substituents is 1. The predicted octanol–water partition coefficient (Wildman–Crippen LogP) is 4.00. The van der Waals surface area contributed by atoms with E-state index in [2.05, 4.69) is 5.32 Å². The fourth-order valence-corrected chi connectivity index (χ4v) is 2.82. The Hall–Kier alpha value is -3.41. The smallest absolute Gasteiger partial charge is 0.273 e. The van der Waals surface area contributed by atoms with Gasteiger partial charge in [-0.25, -0.2) is 0 Å². The summed E-state index contributed by atoms with van der Waals surface area (Å²) in [5, 5.41) is 15.9. The van der Waals surface area contributed by atoms with E-state index >= 15 is 0 Å². The zero-order valence-electron chi connectivity index (χ0n) is 14.2. The number of nitro groups is 1. The van der Waals surface area contributed by atoms with Crippen LogP contribution in [0.4, 0.5) is 5.69 Å². The Labute approximate surface area is 150 Å². The summed E-state index contributed by atoms with van der Waals surface area (Å²) in [6.07, 6.45) is 0. The standard InChI is InChI=1S/C20H18N2O4/c1-14(18-11-4-7-15-6-2-3-10-19(15)18)21-20(23)13-26-17-9-5-8-16(12-17)22(24)25/h2-12,14H,13H2,1H3,(H,21,23)/t14-/m0/s1. The van der Waals surface area contributed by atoms with Crippen molar-refractivity contribution in [1.82, 2.24) is 5.32 Å². The number of fused-ring (bicyclic) bond motifs is 1. The third-order valence-corrected chi connectivity index (χ3v) is 4.07. The molecule has 3 rings (SSSR count). The molecule has 3 aromatic carbocycles. The van der Waals surface area contributed by atoms with Gasteiger partial charge in [0, 0.05) is 6.07 Å². The second-order valence-corrected chi connectivity index (χ2v) is 5.90. The van der Waals surface area contributed by atoms with Crippen LogP contribution in [0.2, 0.25) is 0 Å². The first-order chi connectivity index (χ1) is 12.5. The molecule has 26 heavy (non-hydrogen) atoms. The van der Waals surface area contributed by atoms with Crippen molar-refractivity contribution in [2.45, 2.75) is 13.0 Å². The van der Waals surface area contributed by atoms with Crippen LogP contribution in [0.15, 0.2) is 66.7 Å². The molecule has 6 nitrogen and oxygen atoms in total. The van der Waals surface area contributed by atoms with Crippen LogP contribution in [0.25, 0.3) is 10.8 Å². The fourth-order valence-electron chi connectivity index (χ4n) is 2.82. The maximum atomic E-state index is 12.2. The van der Waals surface area contributed by atoms with Gasteiger partial charge in [-0.15, -0.1) is 0 Å². The summed E-state index contributed by atoms with van der Waals surface area (Å²) < 4.78 is 5.37. The molecule has 1 atom stereocenters. The lowest BCUT2D eigenvalue weighted by atomic mass is 10.00. The summed E-state index contributed by atoms with van der Waals surface area (Å²) in [5.74, 6) is -0.0101. The second kappa shape index (κ2) is 7.65. The lowest BCUT2D eigenvalue weighted by Gasteiger charge is -2.17. The number of hydrogen-bond donors (Lipinski definition) is 1. The SMILES string of the molecule is C[C@H](NC(=O)COc1cccc([N+](=O)[O-])c1)c1cccc2ccccc12. The number of carbonyl (C=O) groups excluding carboxylic acids is 1. The summed E-state index contributed by atoms with van der Waals surface area (Å²) in [4.78, 5) is 22.5. The Kier molecular flexibility index (Phi) is 5.12. The van der Waals surface area contributed by atoms with E-state index in [-0.39, 0.29) is 30.0 Å². The number of nitrogens with zero attached hydrogens (tertiary/aromatic N) is 1. The molecule has 0 heterocycles. The first-order valence-electron chi connectivity index (χ1n) is 8.19. The highest BCUT2D eigenvalue weighted by Gasteiger charge is 2.13. The van der Waals surface area contributed by atoms with Gasteiger partial charge in [0.1, 0.15) is 5.75 Å². The summed E-state index contributed by atoms with van der Waals surface area (Å²) >= 11 is 0. The molecule has 0 radical (unpaired) electrons. The van der Waals surface area contributed by atoms with E-state index in [0.29, 0.717) is 0 Å². The minimum atomic E-state index is -0.504. The minimum absolute atomic E-state index is 0.0768. The second-order valence-electron chi connectivity index (χ2n) is 5.90. The molecule has 6 heteroatoms. The van der Waals surface area contributed by atoms with Crippen LogP contribution in [-0.2, 0) is 4.79 Å².